The summed E-state index contributed by atoms with van der Waals surface area (Å²) >= 11 is 0. The summed E-state index contributed by atoms with van der Waals surface area (Å²) in [6.07, 6.45) is 8.71. The molecule has 2 N–H and O–H groups in total. The van der Waals surface area contributed by atoms with Crippen molar-refractivity contribution < 1.29 is 4.79 Å². The molecule has 8 heteroatoms. The smallest absolute Gasteiger partial charge is 0.227 e. The summed E-state index contributed by atoms with van der Waals surface area (Å²) in [4.78, 5) is 25.6. The quantitative estimate of drug-likeness (QED) is 0.290. The molecule has 2 fully saturated rings. The van der Waals surface area contributed by atoms with Gasteiger partial charge < -0.3 is 20.4 Å². The maximum Gasteiger partial charge on any atom is 0.227 e. The second-order valence-corrected chi connectivity index (χ2v) is 8.79. The van der Waals surface area contributed by atoms with Crippen LogP contribution in [0.4, 0.5) is 11.5 Å². The van der Waals surface area contributed by atoms with E-state index in [1.54, 1.807) is 0 Å². The second-order valence-electron chi connectivity index (χ2n) is 8.79. The number of guanidine groups is 1. The molecule has 7 nitrogen and oxygen atoms in total. The van der Waals surface area contributed by atoms with Crippen LogP contribution >= 0.6 is 24.0 Å². The predicted octanol–water partition coefficient (Wildman–Crippen LogP) is 4.46. The number of anilines is 2. The zero-order valence-corrected chi connectivity index (χ0v) is 22.5. The number of carbonyl (C=O) groups is 1. The van der Waals surface area contributed by atoms with Crippen LogP contribution in [-0.2, 0) is 17.9 Å². The average molecular weight is 577 g/mol. The molecule has 2 aliphatic rings. The van der Waals surface area contributed by atoms with E-state index >= 15 is 0 Å². The second kappa shape index (κ2) is 13.5. The monoisotopic (exact) mass is 576 g/mol. The molecule has 34 heavy (non-hydrogen) atoms. The van der Waals surface area contributed by atoms with Gasteiger partial charge in [0.1, 0.15) is 5.82 Å². The van der Waals surface area contributed by atoms with Gasteiger partial charge in [-0.05, 0) is 55.5 Å². The van der Waals surface area contributed by atoms with Gasteiger partial charge in [0.05, 0.1) is 6.54 Å². The van der Waals surface area contributed by atoms with Crippen LogP contribution in [0.15, 0.2) is 47.6 Å². The first-order chi connectivity index (χ1) is 16.2. The molecule has 0 spiro atoms. The summed E-state index contributed by atoms with van der Waals surface area (Å²) in [6.45, 7) is 7.15. The first kappa shape index (κ1) is 26.2. The highest BCUT2D eigenvalue weighted by atomic mass is 127. The highest BCUT2D eigenvalue weighted by molar-refractivity contribution is 14.0. The number of rotatable bonds is 7. The van der Waals surface area contributed by atoms with E-state index < -0.39 is 0 Å². The van der Waals surface area contributed by atoms with E-state index in [-0.39, 0.29) is 29.9 Å². The van der Waals surface area contributed by atoms with Crippen molar-refractivity contribution in [3.05, 3.63) is 53.7 Å². The molecule has 1 aromatic heterocycles. The molecule has 2 saturated heterocycles. The van der Waals surface area contributed by atoms with Crippen LogP contribution in [0.2, 0.25) is 0 Å². The highest BCUT2D eigenvalue weighted by Gasteiger charge is 2.21. The molecule has 1 aromatic carbocycles. The fourth-order valence-corrected chi connectivity index (χ4v) is 4.41. The van der Waals surface area contributed by atoms with E-state index in [0.717, 1.165) is 61.2 Å². The van der Waals surface area contributed by atoms with Crippen molar-refractivity contribution in [3.63, 3.8) is 0 Å². The van der Waals surface area contributed by atoms with Gasteiger partial charge >= 0.3 is 0 Å². The maximum absolute atomic E-state index is 11.9. The number of aliphatic imine (C=N–C) groups is 1. The van der Waals surface area contributed by atoms with E-state index in [4.69, 9.17) is 9.98 Å². The van der Waals surface area contributed by atoms with Gasteiger partial charge in [0, 0.05) is 51.0 Å². The third kappa shape index (κ3) is 7.32. The Morgan fingerprint density at radius 3 is 2.29 bits per heavy atom. The lowest BCUT2D eigenvalue weighted by Crippen LogP contribution is -2.36. The third-order valence-electron chi connectivity index (χ3n) is 6.28. The molecule has 0 radical (unpaired) electrons. The molecule has 184 valence electrons. The Kier molecular flexibility index (Phi) is 10.4. The summed E-state index contributed by atoms with van der Waals surface area (Å²) < 4.78 is 0. The van der Waals surface area contributed by atoms with Crippen LogP contribution in [0.3, 0.4) is 0 Å². The normalized spacial score (nSPS) is 16.7. The molecule has 4 rings (SSSR count). The average Bonchev–Trinajstić information content (AvgIpc) is 3.10. The molecule has 3 heterocycles. The van der Waals surface area contributed by atoms with E-state index in [0.29, 0.717) is 19.5 Å². The van der Waals surface area contributed by atoms with Crippen LogP contribution < -0.4 is 20.4 Å². The van der Waals surface area contributed by atoms with Gasteiger partial charge in [0.15, 0.2) is 5.96 Å². The van der Waals surface area contributed by atoms with Gasteiger partial charge in [0.2, 0.25) is 5.91 Å². The lowest BCUT2D eigenvalue weighted by molar-refractivity contribution is -0.117. The van der Waals surface area contributed by atoms with Crippen molar-refractivity contribution in [2.45, 2.75) is 58.5 Å². The summed E-state index contributed by atoms with van der Waals surface area (Å²) in [7, 11) is 0. The van der Waals surface area contributed by atoms with Crippen LogP contribution in [-0.4, -0.2) is 43.0 Å². The molecule has 1 amide bonds. The van der Waals surface area contributed by atoms with E-state index in [2.05, 4.69) is 46.7 Å². The molecule has 0 aliphatic carbocycles. The SMILES string of the molecule is CCNC(=NCc1ccc(N2CCCCCC2)nc1)NCc1ccc(N2CCCC2=O)cc1.I. The van der Waals surface area contributed by atoms with Crippen molar-refractivity contribution in [2.24, 2.45) is 4.99 Å². The van der Waals surface area contributed by atoms with E-state index in [9.17, 15) is 4.79 Å². The van der Waals surface area contributed by atoms with Crippen molar-refractivity contribution >= 4 is 47.3 Å². The van der Waals surface area contributed by atoms with Gasteiger partial charge in [0.25, 0.3) is 0 Å². The summed E-state index contributed by atoms with van der Waals surface area (Å²) in [5.41, 5.74) is 3.24. The number of nitrogens with one attached hydrogen (secondary N) is 2. The minimum atomic E-state index is 0. The van der Waals surface area contributed by atoms with Crippen LogP contribution in [0.25, 0.3) is 0 Å². The summed E-state index contributed by atoms with van der Waals surface area (Å²) in [6, 6.07) is 12.5. The Morgan fingerprint density at radius 1 is 0.941 bits per heavy atom. The number of benzene rings is 1. The van der Waals surface area contributed by atoms with Crippen molar-refractivity contribution in [3.8, 4) is 0 Å². The minimum absolute atomic E-state index is 0. The maximum atomic E-state index is 11.9. The molecule has 0 unspecified atom stereocenters. The number of carbonyl (C=O) groups excluding carboxylic acids is 1. The number of aromatic nitrogens is 1. The van der Waals surface area contributed by atoms with Crippen LogP contribution in [0.1, 0.15) is 56.6 Å². The van der Waals surface area contributed by atoms with Crippen molar-refractivity contribution in [1.29, 1.82) is 0 Å². The van der Waals surface area contributed by atoms with Crippen LogP contribution in [0.5, 0.6) is 0 Å². The fourth-order valence-electron chi connectivity index (χ4n) is 4.41. The molecular weight excluding hydrogens is 539 g/mol. The van der Waals surface area contributed by atoms with Gasteiger partial charge in [-0.2, -0.15) is 0 Å². The minimum Gasteiger partial charge on any atom is -0.357 e. The molecule has 0 saturated carbocycles. The zero-order chi connectivity index (χ0) is 22.9. The lowest BCUT2D eigenvalue weighted by atomic mass is 10.2. The van der Waals surface area contributed by atoms with Gasteiger partial charge in [-0.3, -0.25) is 4.79 Å². The lowest BCUT2D eigenvalue weighted by Gasteiger charge is -2.21. The first-order valence-corrected chi connectivity index (χ1v) is 12.3. The predicted molar refractivity (Wildman–Crippen MR) is 150 cm³/mol. The Bertz CT molecular complexity index is 923. The van der Waals surface area contributed by atoms with Gasteiger partial charge in [-0.25, -0.2) is 9.98 Å². The molecule has 0 atom stereocenters. The van der Waals surface area contributed by atoms with Crippen molar-refractivity contribution in [2.75, 3.05) is 36.0 Å². The van der Waals surface area contributed by atoms with Gasteiger partial charge in [-0.15, -0.1) is 24.0 Å². The number of hydrogen-bond donors (Lipinski definition) is 2. The van der Waals surface area contributed by atoms with Gasteiger partial charge in [-0.1, -0.05) is 31.0 Å². The molecule has 0 bridgehead atoms. The largest absolute Gasteiger partial charge is 0.357 e. The number of amides is 1. The first-order valence-electron chi connectivity index (χ1n) is 12.3. The Hall–Kier alpha value is -2.36. The Labute approximate surface area is 220 Å². The standard InChI is InChI=1S/C26H36N6O.HI/c1-2-27-26(29-18-21-9-12-23(13-10-21)32-17-7-8-25(32)33)30-20-22-11-14-24(28-19-22)31-15-5-3-4-6-16-31;/h9-14,19H,2-8,15-18,20H2,1H3,(H2,27,29,30);1H. The topological polar surface area (TPSA) is 72.9 Å². The molecule has 2 aliphatic heterocycles. The Balaban J connectivity index is 0.00000324. The Morgan fingerprint density at radius 2 is 1.68 bits per heavy atom. The highest BCUT2D eigenvalue weighted by Crippen LogP contribution is 2.21. The van der Waals surface area contributed by atoms with Crippen LogP contribution in [0, 0.1) is 0 Å². The zero-order valence-electron chi connectivity index (χ0n) is 20.1. The number of hydrogen-bond acceptors (Lipinski definition) is 4. The number of halogens is 1. The molecule has 2 aromatic rings. The van der Waals surface area contributed by atoms with E-state index in [1.807, 2.05) is 23.2 Å². The number of nitrogens with zero attached hydrogens (tertiary/aromatic N) is 4. The van der Waals surface area contributed by atoms with Crippen molar-refractivity contribution in [1.82, 2.24) is 15.6 Å². The third-order valence-corrected chi connectivity index (χ3v) is 6.28. The summed E-state index contributed by atoms with van der Waals surface area (Å²) in [5, 5.41) is 6.72. The fraction of sp³-hybridized carbons (Fsp3) is 0.500. The number of pyridine rings is 1. The van der Waals surface area contributed by atoms with E-state index in [1.165, 1.54) is 25.7 Å². The molecular formula is C26H37IN6O. The summed E-state index contributed by atoms with van der Waals surface area (Å²) in [5.74, 6) is 2.08.